The maximum Gasteiger partial charge on any atom is 0.151 e. The Morgan fingerprint density at radius 3 is 2.90 bits per heavy atom. The van der Waals surface area contributed by atoms with E-state index in [9.17, 15) is 0 Å². The number of anilines is 1. The Bertz CT molecular complexity index is 818. The van der Waals surface area contributed by atoms with E-state index in [-0.39, 0.29) is 0 Å². The van der Waals surface area contributed by atoms with E-state index in [2.05, 4.69) is 35.1 Å². The van der Waals surface area contributed by atoms with Gasteiger partial charge in [-0.05, 0) is 49.7 Å². The first-order chi connectivity index (χ1) is 10.2. The van der Waals surface area contributed by atoms with E-state index in [0.717, 1.165) is 34.8 Å². The van der Waals surface area contributed by atoms with Gasteiger partial charge in [0.1, 0.15) is 5.52 Å². The Kier molecular flexibility index (Phi) is 3.07. The van der Waals surface area contributed by atoms with Crippen LogP contribution in [0.1, 0.15) is 36.8 Å². The number of nitrogen functional groups attached to an aromatic ring is 1. The van der Waals surface area contributed by atoms with Crippen molar-refractivity contribution in [1.29, 1.82) is 0 Å². The van der Waals surface area contributed by atoms with Crippen molar-refractivity contribution >= 4 is 38.3 Å². The van der Waals surface area contributed by atoms with Crippen molar-refractivity contribution in [2.75, 3.05) is 5.73 Å². The van der Waals surface area contributed by atoms with Gasteiger partial charge in [0.2, 0.25) is 0 Å². The zero-order chi connectivity index (χ0) is 14.4. The molecule has 3 nitrogen and oxygen atoms in total. The lowest BCUT2D eigenvalue weighted by Crippen LogP contribution is -1.94. The number of benzene rings is 1. The standard InChI is InChI=1S/C17H19N3S/c1-2-3-14-20-15-16(21-14)12-7-6-11(8-10-4-5-10)9-13(12)19-17(15)18/h6-7,9-10H,2-5,8H2,1H3,(H2,18,19). The number of rotatable bonds is 4. The third-order valence-corrected chi connectivity index (χ3v) is 5.30. The molecule has 4 heteroatoms. The molecule has 1 aliphatic carbocycles. The Labute approximate surface area is 128 Å². The predicted octanol–water partition coefficient (Wildman–Crippen LogP) is 4.33. The van der Waals surface area contributed by atoms with Crippen LogP contribution in [0.2, 0.25) is 0 Å². The van der Waals surface area contributed by atoms with Crippen LogP contribution in [-0.4, -0.2) is 9.97 Å². The molecule has 1 saturated carbocycles. The van der Waals surface area contributed by atoms with Crippen LogP contribution in [0.5, 0.6) is 0 Å². The van der Waals surface area contributed by atoms with Gasteiger partial charge in [-0.2, -0.15) is 0 Å². The lowest BCUT2D eigenvalue weighted by Gasteiger charge is -2.04. The van der Waals surface area contributed by atoms with Crippen LogP contribution in [0.15, 0.2) is 18.2 Å². The fourth-order valence-corrected chi connectivity index (χ4v) is 4.08. The minimum atomic E-state index is 0.569. The van der Waals surface area contributed by atoms with Gasteiger partial charge < -0.3 is 5.73 Å². The summed E-state index contributed by atoms with van der Waals surface area (Å²) >= 11 is 1.77. The van der Waals surface area contributed by atoms with Crippen molar-refractivity contribution in [3.63, 3.8) is 0 Å². The largest absolute Gasteiger partial charge is 0.382 e. The van der Waals surface area contributed by atoms with E-state index in [1.807, 2.05) is 0 Å². The second-order valence-electron chi connectivity index (χ2n) is 6.03. The average Bonchev–Trinajstić information content (AvgIpc) is 3.16. The van der Waals surface area contributed by atoms with Crippen LogP contribution in [-0.2, 0) is 12.8 Å². The maximum absolute atomic E-state index is 6.13. The first-order valence-corrected chi connectivity index (χ1v) is 8.53. The van der Waals surface area contributed by atoms with Gasteiger partial charge in [0.05, 0.1) is 15.2 Å². The summed E-state index contributed by atoms with van der Waals surface area (Å²) in [5.74, 6) is 1.46. The number of aryl methyl sites for hydroxylation is 1. The number of nitrogens with zero attached hydrogens (tertiary/aromatic N) is 2. The molecule has 1 aliphatic rings. The van der Waals surface area contributed by atoms with E-state index in [1.54, 1.807) is 11.3 Å². The van der Waals surface area contributed by atoms with Crippen molar-refractivity contribution in [2.45, 2.75) is 39.0 Å². The number of thiazole rings is 1. The number of hydrogen-bond donors (Lipinski definition) is 1. The van der Waals surface area contributed by atoms with Gasteiger partial charge in [-0.15, -0.1) is 11.3 Å². The molecular formula is C17H19N3S. The maximum atomic E-state index is 6.13. The van der Waals surface area contributed by atoms with Crippen LogP contribution in [0.25, 0.3) is 21.1 Å². The Morgan fingerprint density at radius 1 is 1.29 bits per heavy atom. The van der Waals surface area contributed by atoms with Gasteiger partial charge in [-0.3, -0.25) is 0 Å². The molecule has 0 spiro atoms. The molecule has 2 N–H and O–H groups in total. The van der Waals surface area contributed by atoms with E-state index in [1.165, 1.54) is 34.9 Å². The summed E-state index contributed by atoms with van der Waals surface area (Å²) in [5, 5.41) is 2.36. The molecule has 2 heterocycles. The number of hydrogen-bond acceptors (Lipinski definition) is 4. The van der Waals surface area contributed by atoms with Crippen molar-refractivity contribution in [3.05, 3.63) is 28.8 Å². The van der Waals surface area contributed by atoms with Crippen LogP contribution >= 0.6 is 11.3 Å². The SMILES string of the molecule is CCCc1nc2c(N)nc3cc(CC4CC4)ccc3c2s1. The fraction of sp³-hybridized carbons (Fsp3) is 0.412. The smallest absolute Gasteiger partial charge is 0.151 e. The molecule has 2 aromatic heterocycles. The minimum absolute atomic E-state index is 0.569. The molecule has 0 amide bonds. The summed E-state index contributed by atoms with van der Waals surface area (Å²) in [6.45, 7) is 2.18. The Morgan fingerprint density at radius 2 is 2.14 bits per heavy atom. The second kappa shape index (κ2) is 4.95. The molecule has 21 heavy (non-hydrogen) atoms. The minimum Gasteiger partial charge on any atom is -0.382 e. The number of fused-ring (bicyclic) bond motifs is 3. The summed E-state index contributed by atoms with van der Waals surface area (Å²) in [5.41, 5.74) is 9.41. The summed E-state index contributed by atoms with van der Waals surface area (Å²) in [6, 6.07) is 6.66. The molecule has 1 aromatic carbocycles. The quantitative estimate of drug-likeness (QED) is 0.779. The lowest BCUT2D eigenvalue weighted by atomic mass is 10.1. The lowest BCUT2D eigenvalue weighted by molar-refractivity contribution is 0.833. The van der Waals surface area contributed by atoms with E-state index in [4.69, 9.17) is 5.73 Å². The second-order valence-corrected chi connectivity index (χ2v) is 7.12. The molecule has 0 unspecified atom stereocenters. The third-order valence-electron chi connectivity index (χ3n) is 4.15. The topological polar surface area (TPSA) is 51.8 Å². The van der Waals surface area contributed by atoms with Gasteiger partial charge >= 0.3 is 0 Å². The van der Waals surface area contributed by atoms with E-state index < -0.39 is 0 Å². The van der Waals surface area contributed by atoms with Gasteiger partial charge in [0, 0.05) is 5.39 Å². The van der Waals surface area contributed by atoms with Gasteiger partial charge in [-0.25, -0.2) is 9.97 Å². The monoisotopic (exact) mass is 297 g/mol. The van der Waals surface area contributed by atoms with Crippen molar-refractivity contribution < 1.29 is 0 Å². The normalized spacial score (nSPS) is 15.1. The number of aromatic nitrogens is 2. The summed E-state index contributed by atoms with van der Waals surface area (Å²) in [7, 11) is 0. The fourth-order valence-electron chi connectivity index (χ4n) is 2.87. The van der Waals surface area contributed by atoms with Gasteiger partial charge in [0.15, 0.2) is 5.82 Å². The van der Waals surface area contributed by atoms with Crippen LogP contribution in [0.3, 0.4) is 0 Å². The highest BCUT2D eigenvalue weighted by Gasteiger charge is 2.21. The molecule has 0 saturated heterocycles. The van der Waals surface area contributed by atoms with Crippen LogP contribution in [0, 0.1) is 5.92 Å². The van der Waals surface area contributed by atoms with Crippen LogP contribution < -0.4 is 5.73 Å². The third kappa shape index (κ3) is 2.38. The molecule has 0 atom stereocenters. The Balaban J connectivity index is 1.87. The highest BCUT2D eigenvalue weighted by atomic mass is 32.1. The van der Waals surface area contributed by atoms with E-state index in [0.29, 0.717) is 5.82 Å². The molecule has 1 fully saturated rings. The summed E-state index contributed by atoms with van der Waals surface area (Å²) in [4.78, 5) is 9.25. The molecule has 3 aromatic rings. The molecule has 0 bridgehead atoms. The van der Waals surface area contributed by atoms with Crippen molar-refractivity contribution in [1.82, 2.24) is 9.97 Å². The summed E-state index contributed by atoms with van der Waals surface area (Å²) < 4.78 is 1.19. The van der Waals surface area contributed by atoms with Crippen molar-refractivity contribution in [2.24, 2.45) is 5.92 Å². The molecule has 0 aliphatic heterocycles. The van der Waals surface area contributed by atoms with Crippen molar-refractivity contribution in [3.8, 4) is 0 Å². The van der Waals surface area contributed by atoms with Gasteiger partial charge in [0.25, 0.3) is 0 Å². The zero-order valence-electron chi connectivity index (χ0n) is 12.2. The average molecular weight is 297 g/mol. The molecule has 4 rings (SSSR count). The van der Waals surface area contributed by atoms with E-state index >= 15 is 0 Å². The molecule has 108 valence electrons. The molecular weight excluding hydrogens is 278 g/mol. The first-order valence-electron chi connectivity index (χ1n) is 7.72. The highest BCUT2D eigenvalue weighted by molar-refractivity contribution is 7.19. The van der Waals surface area contributed by atoms with Gasteiger partial charge in [-0.1, -0.05) is 19.1 Å². The predicted molar refractivity (Wildman–Crippen MR) is 89.8 cm³/mol. The number of nitrogens with two attached hydrogens (primary N) is 1. The summed E-state index contributed by atoms with van der Waals surface area (Å²) in [6.07, 6.45) is 6.06. The number of pyridine rings is 1. The van der Waals surface area contributed by atoms with Crippen LogP contribution in [0.4, 0.5) is 5.82 Å². The zero-order valence-corrected chi connectivity index (χ0v) is 13.0. The Hall–Kier alpha value is -1.68. The first kappa shape index (κ1) is 13.0. The molecule has 0 radical (unpaired) electrons. The highest BCUT2D eigenvalue weighted by Crippen LogP contribution is 2.36.